The fraction of sp³-hybridized carbons (Fsp3) is 0.333. The Labute approximate surface area is 107 Å². The Hall–Kier alpha value is -2.08. The van der Waals surface area contributed by atoms with E-state index in [1.54, 1.807) is 0 Å². The first-order valence-electron chi connectivity index (χ1n) is 6.25. The van der Waals surface area contributed by atoms with Crippen LogP contribution >= 0.6 is 0 Å². The number of rotatable bonds is 5. The van der Waals surface area contributed by atoms with E-state index in [0.29, 0.717) is 24.2 Å². The number of hydrogen-bond acceptors (Lipinski definition) is 2. The number of fused-ring (bicyclic) bond motifs is 1. The van der Waals surface area contributed by atoms with E-state index < -0.39 is 0 Å². The van der Waals surface area contributed by atoms with Gasteiger partial charge < -0.3 is 4.57 Å². The lowest BCUT2D eigenvalue weighted by atomic mass is 10.1. The highest BCUT2D eigenvalue weighted by atomic mass is 16.1. The third-order valence-electron chi connectivity index (χ3n) is 3.15. The maximum absolute atomic E-state index is 11.2. The molecule has 0 radical (unpaired) electrons. The molecule has 1 aromatic heterocycles. The molecule has 0 N–H and O–H groups in total. The van der Waals surface area contributed by atoms with E-state index in [4.69, 9.17) is 5.26 Å². The Morgan fingerprint density at radius 1 is 1.39 bits per heavy atom. The Morgan fingerprint density at radius 3 is 2.94 bits per heavy atom. The van der Waals surface area contributed by atoms with Crippen molar-refractivity contribution in [1.82, 2.24) is 4.57 Å². The smallest absolute Gasteiger partial charge is 0.132 e. The van der Waals surface area contributed by atoms with Gasteiger partial charge in [0.15, 0.2) is 0 Å². The van der Waals surface area contributed by atoms with Crippen LogP contribution < -0.4 is 0 Å². The third kappa shape index (κ3) is 2.60. The summed E-state index contributed by atoms with van der Waals surface area (Å²) in [6.07, 6.45) is 4.16. The molecule has 0 atom stereocenters. The highest BCUT2D eigenvalue weighted by molar-refractivity contribution is 5.81. The zero-order valence-electron chi connectivity index (χ0n) is 10.5. The minimum absolute atomic E-state index is 0.318. The summed E-state index contributed by atoms with van der Waals surface area (Å²) in [6, 6.07) is 9.84. The van der Waals surface area contributed by atoms with Crippen LogP contribution in [0.5, 0.6) is 0 Å². The van der Waals surface area contributed by atoms with Crippen LogP contribution in [0.3, 0.4) is 0 Å². The van der Waals surface area contributed by atoms with Crippen molar-refractivity contribution in [2.45, 2.75) is 32.7 Å². The van der Waals surface area contributed by atoms with Crippen LogP contribution in [0.25, 0.3) is 10.9 Å². The van der Waals surface area contributed by atoms with Gasteiger partial charge in [-0.15, -0.1) is 0 Å². The topological polar surface area (TPSA) is 45.8 Å². The second-order valence-corrected chi connectivity index (χ2v) is 4.39. The maximum atomic E-state index is 11.2. The van der Waals surface area contributed by atoms with E-state index in [2.05, 4.69) is 10.6 Å². The number of nitrogens with zero attached hydrogens (tertiary/aromatic N) is 2. The van der Waals surface area contributed by atoms with E-state index in [1.165, 1.54) is 0 Å². The van der Waals surface area contributed by atoms with Crippen molar-refractivity contribution in [2.75, 3.05) is 0 Å². The molecule has 0 saturated carbocycles. The molecule has 0 aliphatic rings. The minimum atomic E-state index is 0.318. The van der Waals surface area contributed by atoms with E-state index in [-0.39, 0.29) is 0 Å². The van der Waals surface area contributed by atoms with Crippen molar-refractivity contribution in [3.63, 3.8) is 0 Å². The predicted octanol–water partition coefficient (Wildman–Crippen LogP) is 3.27. The van der Waals surface area contributed by atoms with Gasteiger partial charge >= 0.3 is 0 Å². The normalized spacial score (nSPS) is 10.4. The molecule has 1 heterocycles. The van der Waals surface area contributed by atoms with Crippen LogP contribution in [0.1, 0.15) is 31.7 Å². The number of carbonyl (C=O) groups is 1. The van der Waals surface area contributed by atoms with Gasteiger partial charge in [0, 0.05) is 36.5 Å². The zero-order valence-corrected chi connectivity index (χ0v) is 10.5. The molecule has 1 aromatic carbocycles. The molecule has 0 spiro atoms. The van der Waals surface area contributed by atoms with Crippen molar-refractivity contribution in [2.24, 2.45) is 0 Å². The molecule has 3 heteroatoms. The number of benzene rings is 1. The Bertz CT molecular complexity index is 604. The summed E-state index contributed by atoms with van der Waals surface area (Å²) in [5, 5.41) is 9.92. The lowest BCUT2D eigenvalue weighted by Crippen LogP contribution is -2.00. The highest BCUT2D eigenvalue weighted by Gasteiger charge is 2.03. The molecule has 92 valence electrons. The summed E-state index contributed by atoms with van der Waals surface area (Å²) >= 11 is 0. The van der Waals surface area contributed by atoms with Gasteiger partial charge in [0.05, 0.1) is 11.6 Å². The number of aromatic nitrogens is 1. The van der Waals surface area contributed by atoms with Crippen molar-refractivity contribution in [1.29, 1.82) is 5.26 Å². The van der Waals surface area contributed by atoms with Crippen LogP contribution in [0.2, 0.25) is 0 Å². The highest BCUT2D eigenvalue weighted by Crippen LogP contribution is 2.18. The van der Waals surface area contributed by atoms with Gasteiger partial charge in [0.25, 0.3) is 0 Å². The number of nitriles is 1. The van der Waals surface area contributed by atoms with E-state index >= 15 is 0 Å². The van der Waals surface area contributed by atoms with Crippen molar-refractivity contribution >= 4 is 16.7 Å². The molecule has 3 nitrogen and oxygen atoms in total. The van der Waals surface area contributed by atoms with Crippen molar-refractivity contribution in [3.05, 3.63) is 36.0 Å². The van der Waals surface area contributed by atoms with Crippen LogP contribution in [0.15, 0.2) is 30.5 Å². The zero-order chi connectivity index (χ0) is 13.0. The number of hydrogen-bond donors (Lipinski definition) is 0. The van der Waals surface area contributed by atoms with Crippen LogP contribution in [-0.4, -0.2) is 10.4 Å². The monoisotopic (exact) mass is 240 g/mol. The quantitative estimate of drug-likeness (QED) is 0.805. The van der Waals surface area contributed by atoms with Gasteiger partial charge in [-0.1, -0.05) is 6.92 Å². The van der Waals surface area contributed by atoms with Gasteiger partial charge in [-0.2, -0.15) is 5.26 Å². The molecule has 2 rings (SSSR count). The second-order valence-electron chi connectivity index (χ2n) is 4.39. The molecule has 0 amide bonds. The summed E-state index contributed by atoms with van der Waals surface area (Å²) in [4.78, 5) is 11.2. The molecule has 0 fully saturated rings. The SMILES string of the molecule is CCC(=O)CCCn1ccc2cc(C#N)ccc21. The van der Waals surface area contributed by atoms with E-state index in [1.807, 2.05) is 37.4 Å². The lowest BCUT2D eigenvalue weighted by Gasteiger charge is -2.04. The van der Waals surface area contributed by atoms with Crippen LogP contribution in [0.4, 0.5) is 0 Å². The molecule has 0 aliphatic heterocycles. The van der Waals surface area contributed by atoms with Gasteiger partial charge in [-0.05, 0) is 30.7 Å². The minimum Gasteiger partial charge on any atom is -0.347 e. The summed E-state index contributed by atoms with van der Waals surface area (Å²) in [5.41, 5.74) is 1.80. The molecule has 0 bridgehead atoms. The first kappa shape index (κ1) is 12.4. The number of aryl methyl sites for hydroxylation is 1. The summed E-state index contributed by atoms with van der Waals surface area (Å²) < 4.78 is 2.14. The summed E-state index contributed by atoms with van der Waals surface area (Å²) in [7, 11) is 0. The Balaban J connectivity index is 2.10. The lowest BCUT2D eigenvalue weighted by molar-refractivity contribution is -0.118. The Morgan fingerprint density at radius 2 is 2.22 bits per heavy atom. The molecule has 18 heavy (non-hydrogen) atoms. The van der Waals surface area contributed by atoms with Gasteiger partial charge in [-0.25, -0.2) is 0 Å². The average molecular weight is 240 g/mol. The summed E-state index contributed by atoms with van der Waals surface area (Å²) in [5.74, 6) is 0.318. The fourth-order valence-corrected chi connectivity index (χ4v) is 2.09. The Kier molecular flexibility index (Phi) is 3.78. The molecule has 0 unspecified atom stereocenters. The van der Waals surface area contributed by atoms with Crippen molar-refractivity contribution in [3.8, 4) is 6.07 Å². The first-order valence-corrected chi connectivity index (χ1v) is 6.25. The molecular weight excluding hydrogens is 224 g/mol. The second kappa shape index (κ2) is 5.50. The first-order chi connectivity index (χ1) is 8.74. The van der Waals surface area contributed by atoms with Gasteiger partial charge in [0.1, 0.15) is 5.78 Å². The third-order valence-corrected chi connectivity index (χ3v) is 3.15. The average Bonchev–Trinajstić information content (AvgIpc) is 2.81. The summed E-state index contributed by atoms with van der Waals surface area (Å²) in [6.45, 7) is 2.75. The van der Waals surface area contributed by atoms with E-state index in [9.17, 15) is 4.79 Å². The number of Topliss-reactive ketones (excluding diaryl/α,β-unsaturated/α-hetero) is 1. The van der Waals surface area contributed by atoms with Crippen LogP contribution in [-0.2, 0) is 11.3 Å². The molecular formula is C15H16N2O. The number of ketones is 1. The van der Waals surface area contributed by atoms with Gasteiger partial charge in [-0.3, -0.25) is 4.79 Å². The van der Waals surface area contributed by atoms with Crippen molar-refractivity contribution < 1.29 is 4.79 Å². The standard InChI is InChI=1S/C15H16N2O/c1-2-14(18)4-3-8-17-9-7-13-10-12(11-16)5-6-15(13)17/h5-7,9-10H,2-4,8H2,1H3. The predicted molar refractivity (Wildman–Crippen MR) is 71.2 cm³/mol. The number of carbonyl (C=O) groups excluding carboxylic acids is 1. The molecule has 2 aromatic rings. The fourth-order valence-electron chi connectivity index (χ4n) is 2.09. The largest absolute Gasteiger partial charge is 0.347 e. The van der Waals surface area contributed by atoms with E-state index in [0.717, 1.165) is 23.9 Å². The molecule has 0 aliphatic carbocycles. The van der Waals surface area contributed by atoms with Gasteiger partial charge in [0.2, 0.25) is 0 Å². The maximum Gasteiger partial charge on any atom is 0.132 e. The van der Waals surface area contributed by atoms with Crippen LogP contribution in [0, 0.1) is 11.3 Å². The molecule has 0 saturated heterocycles.